The number of nitrogens with one attached hydrogen (secondary N) is 1. The summed E-state index contributed by atoms with van der Waals surface area (Å²) in [6.07, 6.45) is 2.12. The summed E-state index contributed by atoms with van der Waals surface area (Å²) in [5.74, 6) is 0. The monoisotopic (exact) mass is 187 g/mol. The highest BCUT2D eigenvalue weighted by atomic mass is 32.1. The van der Waals surface area contributed by atoms with Gasteiger partial charge in [-0.3, -0.25) is 0 Å². The molecule has 70 valence electrons. The van der Waals surface area contributed by atoms with Crippen molar-refractivity contribution < 1.29 is 0 Å². The van der Waals surface area contributed by atoms with E-state index in [1.807, 2.05) is 0 Å². The molecule has 0 saturated carbocycles. The average Bonchev–Trinajstić information content (AvgIpc) is 2.06. The SMILES string of the molecule is CCNC(=S)N1CCC(N)CC1. The molecule has 0 aromatic rings. The lowest BCUT2D eigenvalue weighted by atomic mass is 10.1. The Morgan fingerprint density at radius 2 is 2.17 bits per heavy atom. The second-order valence-corrected chi connectivity index (χ2v) is 3.55. The molecule has 1 fully saturated rings. The second kappa shape index (κ2) is 4.62. The first-order valence-corrected chi connectivity index (χ1v) is 4.93. The van der Waals surface area contributed by atoms with Crippen molar-refractivity contribution in [2.75, 3.05) is 19.6 Å². The van der Waals surface area contributed by atoms with E-state index < -0.39 is 0 Å². The van der Waals surface area contributed by atoms with Crippen LogP contribution in [0.5, 0.6) is 0 Å². The van der Waals surface area contributed by atoms with Gasteiger partial charge in [-0.25, -0.2) is 0 Å². The summed E-state index contributed by atoms with van der Waals surface area (Å²) >= 11 is 5.19. The zero-order chi connectivity index (χ0) is 8.97. The van der Waals surface area contributed by atoms with Gasteiger partial charge in [-0.05, 0) is 32.0 Å². The molecule has 1 rings (SSSR count). The van der Waals surface area contributed by atoms with E-state index in [2.05, 4.69) is 17.1 Å². The molecule has 3 N–H and O–H groups in total. The van der Waals surface area contributed by atoms with Gasteiger partial charge in [0, 0.05) is 25.7 Å². The van der Waals surface area contributed by atoms with Gasteiger partial charge in [0.05, 0.1) is 0 Å². The molecule has 0 radical (unpaired) electrons. The van der Waals surface area contributed by atoms with Crippen LogP contribution in [0.15, 0.2) is 0 Å². The van der Waals surface area contributed by atoms with Crippen molar-refractivity contribution in [3.05, 3.63) is 0 Å². The second-order valence-electron chi connectivity index (χ2n) is 3.16. The number of nitrogens with zero attached hydrogens (tertiary/aromatic N) is 1. The largest absolute Gasteiger partial charge is 0.363 e. The number of thiocarbonyl (C=S) groups is 1. The Morgan fingerprint density at radius 3 is 2.67 bits per heavy atom. The molecule has 12 heavy (non-hydrogen) atoms. The third kappa shape index (κ3) is 2.60. The number of rotatable bonds is 1. The highest BCUT2D eigenvalue weighted by Gasteiger charge is 2.17. The van der Waals surface area contributed by atoms with Crippen molar-refractivity contribution >= 4 is 17.3 Å². The quantitative estimate of drug-likeness (QED) is 0.580. The van der Waals surface area contributed by atoms with E-state index in [1.165, 1.54) is 0 Å². The Balaban J connectivity index is 2.29. The first-order chi connectivity index (χ1) is 5.74. The Bertz CT molecular complexity index is 152. The minimum absolute atomic E-state index is 0.380. The molecule has 0 aliphatic carbocycles. The molecule has 1 heterocycles. The third-order valence-electron chi connectivity index (χ3n) is 2.15. The van der Waals surface area contributed by atoms with Crippen molar-refractivity contribution in [3.63, 3.8) is 0 Å². The molecule has 0 aromatic heterocycles. The normalized spacial score (nSPS) is 19.3. The molecule has 0 amide bonds. The fourth-order valence-electron chi connectivity index (χ4n) is 1.37. The van der Waals surface area contributed by atoms with Crippen LogP contribution in [0.2, 0.25) is 0 Å². The fourth-order valence-corrected chi connectivity index (χ4v) is 1.69. The lowest BCUT2D eigenvalue weighted by Crippen LogP contribution is -2.46. The molecule has 0 atom stereocenters. The summed E-state index contributed by atoms with van der Waals surface area (Å²) in [6, 6.07) is 0.380. The lowest BCUT2D eigenvalue weighted by Gasteiger charge is -2.32. The van der Waals surface area contributed by atoms with E-state index >= 15 is 0 Å². The van der Waals surface area contributed by atoms with Gasteiger partial charge in [0.15, 0.2) is 5.11 Å². The van der Waals surface area contributed by atoms with Gasteiger partial charge in [0.1, 0.15) is 0 Å². The molecule has 1 aliphatic heterocycles. The van der Waals surface area contributed by atoms with Crippen molar-refractivity contribution in [1.29, 1.82) is 0 Å². The van der Waals surface area contributed by atoms with Crippen LogP contribution in [-0.4, -0.2) is 35.7 Å². The maximum Gasteiger partial charge on any atom is 0.168 e. The van der Waals surface area contributed by atoms with Crippen LogP contribution in [0, 0.1) is 0 Å². The Kier molecular flexibility index (Phi) is 3.75. The first kappa shape index (κ1) is 9.74. The van der Waals surface area contributed by atoms with E-state index in [9.17, 15) is 0 Å². The van der Waals surface area contributed by atoms with Crippen LogP contribution >= 0.6 is 12.2 Å². The van der Waals surface area contributed by atoms with Crippen LogP contribution in [0.25, 0.3) is 0 Å². The Hall–Kier alpha value is -0.350. The lowest BCUT2D eigenvalue weighted by molar-refractivity contribution is 0.311. The summed E-state index contributed by atoms with van der Waals surface area (Å²) in [5, 5.41) is 4.03. The zero-order valence-corrected chi connectivity index (χ0v) is 8.36. The molecule has 0 spiro atoms. The van der Waals surface area contributed by atoms with Gasteiger partial charge >= 0.3 is 0 Å². The zero-order valence-electron chi connectivity index (χ0n) is 7.55. The fraction of sp³-hybridized carbons (Fsp3) is 0.875. The van der Waals surface area contributed by atoms with Gasteiger partial charge in [-0.2, -0.15) is 0 Å². The van der Waals surface area contributed by atoms with E-state index in [4.69, 9.17) is 18.0 Å². The number of likely N-dealkylation sites (tertiary alicyclic amines) is 1. The molecule has 3 nitrogen and oxygen atoms in total. The van der Waals surface area contributed by atoms with Gasteiger partial charge in [0.2, 0.25) is 0 Å². The van der Waals surface area contributed by atoms with Crippen LogP contribution in [0.4, 0.5) is 0 Å². The maximum atomic E-state index is 5.78. The Labute approximate surface area is 79.3 Å². The summed E-state index contributed by atoms with van der Waals surface area (Å²) in [6.45, 7) is 4.98. The maximum absolute atomic E-state index is 5.78. The topological polar surface area (TPSA) is 41.3 Å². The molecular formula is C8H17N3S. The highest BCUT2D eigenvalue weighted by Crippen LogP contribution is 2.07. The van der Waals surface area contributed by atoms with Gasteiger partial charge in [-0.15, -0.1) is 0 Å². The van der Waals surface area contributed by atoms with Gasteiger partial charge in [0.25, 0.3) is 0 Å². The number of nitrogens with two attached hydrogens (primary N) is 1. The molecule has 4 heteroatoms. The molecule has 0 aromatic carbocycles. The average molecular weight is 187 g/mol. The number of piperidine rings is 1. The highest BCUT2D eigenvalue weighted by molar-refractivity contribution is 7.80. The summed E-state index contributed by atoms with van der Waals surface area (Å²) in [5.41, 5.74) is 5.78. The third-order valence-corrected chi connectivity index (χ3v) is 2.56. The number of hydrogen-bond acceptors (Lipinski definition) is 2. The Morgan fingerprint density at radius 1 is 1.58 bits per heavy atom. The summed E-state index contributed by atoms with van der Waals surface area (Å²) in [4.78, 5) is 2.20. The van der Waals surface area contributed by atoms with Crippen LogP contribution in [-0.2, 0) is 0 Å². The van der Waals surface area contributed by atoms with E-state index in [1.54, 1.807) is 0 Å². The van der Waals surface area contributed by atoms with Crippen molar-refractivity contribution in [3.8, 4) is 0 Å². The minimum Gasteiger partial charge on any atom is -0.363 e. The van der Waals surface area contributed by atoms with Gasteiger partial charge in [-0.1, -0.05) is 0 Å². The van der Waals surface area contributed by atoms with Crippen LogP contribution < -0.4 is 11.1 Å². The van der Waals surface area contributed by atoms with Crippen molar-refractivity contribution in [2.24, 2.45) is 5.73 Å². The molecule has 0 unspecified atom stereocenters. The smallest absolute Gasteiger partial charge is 0.168 e. The molecule has 0 bridgehead atoms. The van der Waals surface area contributed by atoms with Crippen LogP contribution in [0.3, 0.4) is 0 Å². The first-order valence-electron chi connectivity index (χ1n) is 4.52. The predicted molar refractivity (Wildman–Crippen MR) is 55.1 cm³/mol. The standard InChI is InChI=1S/C8H17N3S/c1-2-10-8(12)11-5-3-7(9)4-6-11/h7H,2-6,9H2,1H3,(H,10,12). The predicted octanol–water partition coefficient (Wildman–Crippen LogP) is 0.304. The van der Waals surface area contributed by atoms with Crippen molar-refractivity contribution in [2.45, 2.75) is 25.8 Å². The molecular weight excluding hydrogens is 170 g/mol. The number of hydrogen-bond donors (Lipinski definition) is 2. The molecule has 1 saturated heterocycles. The van der Waals surface area contributed by atoms with E-state index in [0.29, 0.717) is 6.04 Å². The minimum atomic E-state index is 0.380. The van der Waals surface area contributed by atoms with E-state index in [-0.39, 0.29) is 0 Å². The van der Waals surface area contributed by atoms with E-state index in [0.717, 1.165) is 37.6 Å². The van der Waals surface area contributed by atoms with Crippen LogP contribution in [0.1, 0.15) is 19.8 Å². The van der Waals surface area contributed by atoms with Crippen molar-refractivity contribution in [1.82, 2.24) is 10.2 Å². The molecule has 1 aliphatic rings. The summed E-state index contributed by atoms with van der Waals surface area (Å²) < 4.78 is 0. The summed E-state index contributed by atoms with van der Waals surface area (Å²) in [7, 11) is 0. The van der Waals surface area contributed by atoms with Gasteiger partial charge < -0.3 is 16.0 Å².